The zero-order valence-corrected chi connectivity index (χ0v) is 13.9. The van der Waals surface area contributed by atoms with Gasteiger partial charge in [0.1, 0.15) is 0 Å². The Morgan fingerprint density at radius 3 is 2.15 bits per heavy atom. The van der Waals surface area contributed by atoms with Crippen molar-refractivity contribution in [3.63, 3.8) is 0 Å². The summed E-state index contributed by atoms with van der Waals surface area (Å²) in [6, 6.07) is 0.544. The number of hydrogen-bond donors (Lipinski definition) is 3. The third-order valence-electron chi connectivity index (χ3n) is 4.26. The third-order valence-corrected chi connectivity index (χ3v) is 4.26. The zero-order valence-electron chi connectivity index (χ0n) is 13.9. The Kier molecular flexibility index (Phi) is 11.4. The van der Waals surface area contributed by atoms with Crippen molar-refractivity contribution in [3.8, 4) is 0 Å². The van der Waals surface area contributed by atoms with Crippen molar-refractivity contribution >= 4 is 0 Å². The summed E-state index contributed by atoms with van der Waals surface area (Å²) in [6.45, 7) is 9.43. The lowest BCUT2D eigenvalue weighted by Gasteiger charge is -2.36. The van der Waals surface area contributed by atoms with Gasteiger partial charge in [-0.3, -0.25) is 4.90 Å². The number of aliphatic hydroxyl groups is 2. The van der Waals surface area contributed by atoms with Crippen molar-refractivity contribution < 1.29 is 10.2 Å². The van der Waals surface area contributed by atoms with Gasteiger partial charge in [0.05, 0.1) is 12.2 Å². The first-order valence-electron chi connectivity index (χ1n) is 8.25. The third kappa shape index (κ3) is 8.20. The molecule has 122 valence electrons. The van der Waals surface area contributed by atoms with Gasteiger partial charge in [-0.05, 0) is 33.6 Å². The minimum Gasteiger partial charge on any atom is -0.392 e. The molecular formula is C16H36N2O2. The second kappa shape index (κ2) is 11.5. The summed E-state index contributed by atoms with van der Waals surface area (Å²) >= 11 is 0. The summed E-state index contributed by atoms with van der Waals surface area (Å²) in [5.74, 6) is 0. The van der Waals surface area contributed by atoms with Crippen LogP contribution in [0.25, 0.3) is 0 Å². The van der Waals surface area contributed by atoms with Crippen LogP contribution in [0.5, 0.6) is 0 Å². The van der Waals surface area contributed by atoms with Crippen LogP contribution in [0.3, 0.4) is 0 Å². The van der Waals surface area contributed by atoms with E-state index in [0.29, 0.717) is 19.0 Å². The number of nitrogens with zero attached hydrogens (tertiary/aromatic N) is 1. The molecule has 0 aromatic heterocycles. The van der Waals surface area contributed by atoms with E-state index in [1.54, 1.807) is 0 Å². The van der Waals surface area contributed by atoms with Gasteiger partial charge in [0.25, 0.3) is 0 Å². The van der Waals surface area contributed by atoms with Gasteiger partial charge in [0.2, 0.25) is 0 Å². The molecule has 4 N–H and O–H groups in total. The van der Waals surface area contributed by atoms with Crippen molar-refractivity contribution in [3.05, 3.63) is 0 Å². The Bertz CT molecular complexity index is 225. The van der Waals surface area contributed by atoms with E-state index in [9.17, 15) is 10.2 Å². The first-order valence-corrected chi connectivity index (χ1v) is 8.25. The lowest BCUT2D eigenvalue weighted by atomic mass is 10.0. The topological polar surface area (TPSA) is 69.7 Å². The van der Waals surface area contributed by atoms with Crippen LogP contribution >= 0.6 is 0 Å². The van der Waals surface area contributed by atoms with Crippen molar-refractivity contribution in [2.24, 2.45) is 5.73 Å². The van der Waals surface area contributed by atoms with Crippen LogP contribution in [0.15, 0.2) is 0 Å². The average molecular weight is 288 g/mol. The SMILES string of the molecule is CCCCCCC(C)N(CCC(O)CN)C(C)C(C)O. The predicted octanol–water partition coefficient (Wildman–Crippen LogP) is 2.13. The first kappa shape index (κ1) is 19.8. The van der Waals surface area contributed by atoms with Crippen molar-refractivity contribution in [2.45, 2.75) is 90.5 Å². The highest BCUT2D eigenvalue weighted by Gasteiger charge is 2.23. The molecule has 0 radical (unpaired) electrons. The predicted molar refractivity (Wildman–Crippen MR) is 85.7 cm³/mol. The van der Waals surface area contributed by atoms with E-state index in [-0.39, 0.29) is 12.1 Å². The van der Waals surface area contributed by atoms with Gasteiger partial charge in [-0.25, -0.2) is 0 Å². The van der Waals surface area contributed by atoms with E-state index in [1.807, 2.05) is 6.92 Å². The van der Waals surface area contributed by atoms with E-state index in [1.165, 1.54) is 25.7 Å². The van der Waals surface area contributed by atoms with Crippen LogP contribution in [0.2, 0.25) is 0 Å². The van der Waals surface area contributed by atoms with Crippen LogP contribution in [0.4, 0.5) is 0 Å². The quantitative estimate of drug-likeness (QED) is 0.481. The fourth-order valence-electron chi connectivity index (χ4n) is 2.55. The van der Waals surface area contributed by atoms with Crippen LogP contribution in [0.1, 0.15) is 66.2 Å². The molecule has 0 aromatic carbocycles. The molecule has 0 aliphatic carbocycles. The number of aliphatic hydroxyl groups excluding tert-OH is 2. The monoisotopic (exact) mass is 288 g/mol. The van der Waals surface area contributed by atoms with Crippen LogP contribution in [-0.2, 0) is 0 Å². The second-order valence-corrected chi connectivity index (χ2v) is 6.10. The minimum atomic E-state index is -0.439. The minimum absolute atomic E-state index is 0.112. The Morgan fingerprint density at radius 2 is 1.65 bits per heavy atom. The molecule has 0 rings (SSSR count). The van der Waals surface area contributed by atoms with E-state index >= 15 is 0 Å². The molecule has 4 nitrogen and oxygen atoms in total. The second-order valence-electron chi connectivity index (χ2n) is 6.10. The summed E-state index contributed by atoms with van der Waals surface area (Å²) in [6.07, 6.45) is 6.09. The molecule has 4 heteroatoms. The molecule has 0 spiro atoms. The summed E-state index contributed by atoms with van der Waals surface area (Å²) in [7, 11) is 0. The summed E-state index contributed by atoms with van der Waals surface area (Å²) in [4.78, 5) is 2.31. The molecule has 0 aliphatic heterocycles. The van der Waals surface area contributed by atoms with E-state index in [2.05, 4.69) is 25.7 Å². The number of nitrogens with two attached hydrogens (primary N) is 1. The van der Waals surface area contributed by atoms with Crippen molar-refractivity contribution in [1.29, 1.82) is 0 Å². The standard InChI is InChI=1S/C16H36N2O2/c1-5-6-7-8-9-13(2)18(14(3)15(4)19)11-10-16(20)12-17/h13-16,19-20H,5-12,17H2,1-4H3. The largest absolute Gasteiger partial charge is 0.392 e. The molecule has 0 heterocycles. The lowest BCUT2D eigenvalue weighted by molar-refractivity contribution is 0.0333. The highest BCUT2D eigenvalue weighted by Crippen LogP contribution is 2.16. The fourth-order valence-corrected chi connectivity index (χ4v) is 2.55. The molecule has 4 atom stereocenters. The summed E-state index contributed by atoms with van der Waals surface area (Å²) < 4.78 is 0. The maximum absolute atomic E-state index is 9.84. The van der Waals surface area contributed by atoms with Crippen LogP contribution in [0, 0.1) is 0 Å². The molecule has 20 heavy (non-hydrogen) atoms. The Balaban J connectivity index is 4.34. The zero-order chi connectivity index (χ0) is 15.5. The Labute approximate surface area is 125 Å². The summed E-state index contributed by atoms with van der Waals surface area (Å²) in [5.41, 5.74) is 5.47. The molecule has 0 saturated heterocycles. The van der Waals surface area contributed by atoms with Crippen LogP contribution in [-0.4, -0.2) is 52.5 Å². The van der Waals surface area contributed by atoms with Gasteiger partial charge in [0, 0.05) is 25.2 Å². The first-order chi connectivity index (χ1) is 9.43. The van der Waals surface area contributed by atoms with Crippen molar-refractivity contribution in [1.82, 2.24) is 4.90 Å². The Morgan fingerprint density at radius 1 is 1.00 bits per heavy atom. The molecule has 0 aromatic rings. The lowest BCUT2D eigenvalue weighted by Crippen LogP contribution is -2.47. The Hall–Kier alpha value is -0.160. The van der Waals surface area contributed by atoms with Gasteiger partial charge in [0.15, 0.2) is 0 Å². The van der Waals surface area contributed by atoms with Gasteiger partial charge in [-0.15, -0.1) is 0 Å². The molecule has 0 fully saturated rings. The van der Waals surface area contributed by atoms with E-state index < -0.39 is 6.10 Å². The number of unbranched alkanes of at least 4 members (excludes halogenated alkanes) is 3. The molecular weight excluding hydrogens is 252 g/mol. The van der Waals surface area contributed by atoms with Gasteiger partial charge in [-0.1, -0.05) is 32.6 Å². The van der Waals surface area contributed by atoms with E-state index in [0.717, 1.165) is 13.0 Å². The maximum atomic E-state index is 9.84. The van der Waals surface area contributed by atoms with Gasteiger partial charge < -0.3 is 15.9 Å². The molecule has 0 aliphatic rings. The number of hydrogen-bond acceptors (Lipinski definition) is 4. The van der Waals surface area contributed by atoms with Gasteiger partial charge in [-0.2, -0.15) is 0 Å². The summed E-state index contributed by atoms with van der Waals surface area (Å²) in [5, 5.41) is 19.5. The fraction of sp³-hybridized carbons (Fsp3) is 1.00. The number of rotatable bonds is 12. The highest BCUT2D eigenvalue weighted by atomic mass is 16.3. The van der Waals surface area contributed by atoms with Gasteiger partial charge >= 0.3 is 0 Å². The molecule has 4 unspecified atom stereocenters. The molecule has 0 saturated carbocycles. The normalized spacial score (nSPS) is 18.0. The van der Waals surface area contributed by atoms with Crippen molar-refractivity contribution in [2.75, 3.05) is 13.1 Å². The van der Waals surface area contributed by atoms with Crippen LogP contribution < -0.4 is 5.73 Å². The molecule has 0 bridgehead atoms. The smallest absolute Gasteiger partial charge is 0.0674 e. The van der Waals surface area contributed by atoms with E-state index in [4.69, 9.17) is 5.73 Å². The molecule has 0 amide bonds. The average Bonchev–Trinajstić information content (AvgIpc) is 2.43. The highest BCUT2D eigenvalue weighted by molar-refractivity contribution is 4.78. The maximum Gasteiger partial charge on any atom is 0.0674 e.